The zero-order chi connectivity index (χ0) is 17.3. The third-order valence-electron chi connectivity index (χ3n) is 3.01. The van der Waals surface area contributed by atoms with Crippen LogP contribution in [-0.4, -0.2) is 51.8 Å². The van der Waals surface area contributed by atoms with Gasteiger partial charge in [0.25, 0.3) is 0 Å². The van der Waals surface area contributed by atoms with Gasteiger partial charge in [0, 0.05) is 41.6 Å². The van der Waals surface area contributed by atoms with E-state index in [1.54, 1.807) is 18.8 Å². The van der Waals surface area contributed by atoms with E-state index < -0.39 is 9.84 Å². The Morgan fingerprint density at radius 2 is 2.00 bits per heavy atom. The molecule has 5 nitrogen and oxygen atoms in total. The van der Waals surface area contributed by atoms with Gasteiger partial charge < -0.3 is 10.6 Å². The first-order valence-corrected chi connectivity index (χ1v) is 10.8. The number of hydrogen-bond acceptors (Lipinski definition) is 4. The lowest BCUT2D eigenvalue weighted by molar-refractivity contribution is 0.582. The monoisotopic (exact) mass is 377 g/mol. The maximum atomic E-state index is 11.2. The van der Waals surface area contributed by atoms with Gasteiger partial charge in [-0.2, -0.15) is 0 Å². The summed E-state index contributed by atoms with van der Waals surface area (Å²) >= 11 is 7.58. The second kappa shape index (κ2) is 10.1. The summed E-state index contributed by atoms with van der Waals surface area (Å²) in [5.41, 5.74) is 0. The molecule has 0 saturated carbocycles. The first-order chi connectivity index (χ1) is 10.8. The predicted octanol–water partition coefficient (Wildman–Crippen LogP) is 2.42. The summed E-state index contributed by atoms with van der Waals surface area (Å²) in [7, 11) is -1.23. The Kier molecular flexibility index (Phi) is 8.79. The smallest absolute Gasteiger partial charge is 0.191 e. The standard InChI is InChI=1S/C15H24ClN3O2S2/c1-12(8-11-23(3,20)21)19-15(17-2)18-9-10-22-14-6-4-13(16)5-7-14/h4-7,12H,8-11H2,1-3H3,(H2,17,18,19). The van der Waals surface area contributed by atoms with E-state index >= 15 is 0 Å². The van der Waals surface area contributed by atoms with Crippen molar-refractivity contribution in [2.24, 2.45) is 4.99 Å². The molecule has 2 N–H and O–H groups in total. The van der Waals surface area contributed by atoms with E-state index in [9.17, 15) is 8.42 Å². The summed E-state index contributed by atoms with van der Waals surface area (Å²) in [4.78, 5) is 5.31. The zero-order valence-corrected chi connectivity index (χ0v) is 16.1. The van der Waals surface area contributed by atoms with Crippen LogP contribution in [0.25, 0.3) is 0 Å². The number of guanidine groups is 1. The molecule has 0 bridgehead atoms. The van der Waals surface area contributed by atoms with E-state index in [0.29, 0.717) is 12.4 Å². The van der Waals surface area contributed by atoms with Crippen molar-refractivity contribution in [3.05, 3.63) is 29.3 Å². The fraction of sp³-hybridized carbons (Fsp3) is 0.533. The maximum Gasteiger partial charge on any atom is 0.191 e. The molecule has 0 saturated heterocycles. The van der Waals surface area contributed by atoms with Crippen molar-refractivity contribution in [3.63, 3.8) is 0 Å². The number of halogens is 1. The van der Waals surface area contributed by atoms with Gasteiger partial charge in [0.05, 0.1) is 5.75 Å². The second-order valence-electron chi connectivity index (χ2n) is 5.27. The average Bonchev–Trinajstić information content (AvgIpc) is 2.49. The largest absolute Gasteiger partial charge is 0.356 e. The Balaban J connectivity index is 2.27. The number of rotatable bonds is 8. The third-order valence-corrected chi connectivity index (χ3v) is 5.25. The van der Waals surface area contributed by atoms with Gasteiger partial charge in [0.15, 0.2) is 5.96 Å². The van der Waals surface area contributed by atoms with Crippen LogP contribution in [0.2, 0.25) is 5.02 Å². The van der Waals surface area contributed by atoms with E-state index in [2.05, 4.69) is 15.6 Å². The molecule has 0 aliphatic heterocycles. The molecule has 1 unspecified atom stereocenters. The number of hydrogen-bond donors (Lipinski definition) is 2. The van der Waals surface area contributed by atoms with Crippen LogP contribution in [-0.2, 0) is 9.84 Å². The van der Waals surface area contributed by atoms with Crippen LogP contribution in [0.1, 0.15) is 13.3 Å². The van der Waals surface area contributed by atoms with Gasteiger partial charge >= 0.3 is 0 Å². The molecule has 1 atom stereocenters. The van der Waals surface area contributed by atoms with Gasteiger partial charge in [-0.25, -0.2) is 8.42 Å². The fourth-order valence-electron chi connectivity index (χ4n) is 1.76. The molecule has 1 aromatic rings. The van der Waals surface area contributed by atoms with Crippen molar-refractivity contribution in [2.45, 2.75) is 24.3 Å². The van der Waals surface area contributed by atoms with Crippen LogP contribution >= 0.6 is 23.4 Å². The Labute approximate surface area is 148 Å². The first kappa shape index (κ1) is 20.1. The topological polar surface area (TPSA) is 70.6 Å². The lowest BCUT2D eigenvalue weighted by Crippen LogP contribution is -2.43. The molecular weight excluding hydrogens is 354 g/mol. The van der Waals surface area contributed by atoms with Gasteiger partial charge in [0.2, 0.25) is 0 Å². The molecule has 23 heavy (non-hydrogen) atoms. The summed E-state index contributed by atoms with van der Waals surface area (Å²) in [6, 6.07) is 7.78. The Bertz CT molecular complexity index is 604. The van der Waals surface area contributed by atoms with Crippen molar-refractivity contribution in [2.75, 3.05) is 31.4 Å². The van der Waals surface area contributed by atoms with Crippen LogP contribution in [0.4, 0.5) is 0 Å². The maximum absolute atomic E-state index is 11.2. The SMILES string of the molecule is CN=C(NCCSc1ccc(Cl)cc1)NC(C)CCS(C)(=O)=O. The van der Waals surface area contributed by atoms with Crippen LogP contribution in [0.3, 0.4) is 0 Å². The number of thioether (sulfide) groups is 1. The highest BCUT2D eigenvalue weighted by Gasteiger charge is 2.09. The highest BCUT2D eigenvalue weighted by atomic mass is 35.5. The quantitative estimate of drug-likeness (QED) is 0.315. The van der Waals surface area contributed by atoms with Crippen molar-refractivity contribution in [1.29, 1.82) is 0 Å². The van der Waals surface area contributed by atoms with Crippen LogP contribution in [0, 0.1) is 0 Å². The molecule has 0 spiro atoms. The molecule has 0 fully saturated rings. The van der Waals surface area contributed by atoms with Gasteiger partial charge in [-0.3, -0.25) is 4.99 Å². The third kappa shape index (κ3) is 9.73. The molecule has 0 radical (unpaired) electrons. The minimum absolute atomic E-state index is 0.0415. The van der Waals surface area contributed by atoms with Crippen molar-refractivity contribution in [1.82, 2.24) is 10.6 Å². The number of aliphatic imine (C=N–C) groups is 1. The average molecular weight is 378 g/mol. The number of nitrogens with zero attached hydrogens (tertiary/aromatic N) is 1. The molecule has 0 aromatic heterocycles. The Hall–Kier alpha value is -0.920. The molecule has 0 amide bonds. The Morgan fingerprint density at radius 3 is 2.57 bits per heavy atom. The minimum atomic E-state index is -2.93. The van der Waals surface area contributed by atoms with Gasteiger partial charge in [-0.05, 0) is 37.6 Å². The normalized spacial score (nSPS) is 13.7. The second-order valence-corrected chi connectivity index (χ2v) is 9.13. The number of sulfone groups is 1. The van der Waals surface area contributed by atoms with Crippen molar-refractivity contribution >= 4 is 39.2 Å². The van der Waals surface area contributed by atoms with E-state index in [1.165, 1.54) is 11.2 Å². The highest BCUT2D eigenvalue weighted by molar-refractivity contribution is 7.99. The molecule has 1 rings (SSSR count). The number of nitrogens with one attached hydrogen (secondary N) is 2. The van der Waals surface area contributed by atoms with Crippen LogP contribution < -0.4 is 10.6 Å². The lowest BCUT2D eigenvalue weighted by atomic mass is 10.3. The predicted molar refractivity (Wildman–Crippen MR) is 100 cm³/mol. The summed E-state index contributed by atoms with van der Waals surface area (Å²) < 4.78 is 22.3. The molecule has 0 aliphatic carbocycles. The fourth-order valence-corrected chi connectivity index (χ4v) is 3.44. The summed E-state index contributed by atoms with van der Waals surface area (Å²) in [5.74, 6) is 1.74. The minimum Gasteiger partial charge on any atom is -0.356 e. The molecule has 0 aliphatic rings. The molecule has 1 aromatic carbocycles. The highest BCUT2D eigenvalue weighted by Crippen LogP contribution is 2.19. The lowest BCUT2D eigenvalue weighted by Gasteiger charge is -2.17. The van der Waals surface area contributed by atoms with Gasteiger partial charge in [-0.1, -0.05) is 11.6 Å². The van der Waals surface area contributed by atoms with Crippen molar-refractivity contribution < 1.29 is 8.42 Å². The van der Waals surface area contributed by atoms with E-state index in [4.69, 9.17) is 11.6 Å². The Morgan fingerprint density at radius 1 is 1.35 bits per heavy atom. The molecular formula is C15H24ClN3O2S2. The molecule has 0 heterocycles. The van der Waals surface area contributed by atoms with Crippen LogP contribution in [0.15, 0.2) is 34.2 Å². The summed E-state index contributed by atoms with van der Waals surface area (Å²) in [6.07, 6.45) is 1.81. The molecule has 8 heteroatoms. The van der Waals surface area contributed by atoms with E-state index in [-0.39, 0.29) is 11.8 Å². The molecule has 130 valence electrons. The van der Waals surface area contributed by atoms with Gasteiger partial charge in [0.1, 0.15) is 9.84 Å². The zero-order valence-electron chi connectivity index (χ0n) is 13.7. The van der Waals surface area contributed by atoms with E-state index in [1.807, 2.05) is 31.2 Å². The van der Waals surface area contributed by atoms with Gasteiger partial charge in [-0.15, -0.1) is 11.8 Å². The van der Waals surface area contributed by atoms with Crippen molar-refractivity contribution in [3.8, 4) is 0 Å². The van der Waals surface area contributed by atoms with E-state index in [0.717, 1.165) is 17.3 Å². The summed E-state index contributed by atoms with van der Waals surface area (Å²) in [5, 5.41) is 7.15. The first-order valence-electron chi connectivity index (χ1n) is 7.33. The van der Waals surface area contributed by atoms with Crippen LogP contribution in [0.5, 0.6) is 0 Å². The number of benzene rings is 1. The summed E-state index contributed by atoms with van der Waals surface area (Å²) in [6.45, 7) is 2.70.